The predicted molar refractivity (Wildman–Crippen MR) is 123 cm³/mol. The lowest BCUT2D eigenvalue weighted by atomic mass is 10.2. The maximum atomic E-state index is 12.9. The monoisotopic (exact) mass is 450 g/mol. The maximum Gasteiger partial charge on any atom is 0.264 e. The minimum absolute atomic E-state index is 0.0512. The molecule has 0 fully saturated rings. The van der Waals surface area contributed by atoms with Crippen LogP contribution in [-0.2, 0) is 16.7 Å². The van der Waals surface area contributed by atoms with Gasteiger partial charge in [0, 0.05) is 5.69 Å². The van der Waals surface area contributed by atoms with Crippen LogP contribution >= 0.6 is 0 Å². The first kappa shape index (κ1) is 21.3. The number of hydrogen-bond donors (Lipinski definition) is 2. The Morgan fingerprint density at radius 1 is 1.03 bits per heavy atom. The number of anilines is 1. The molecule has 0 saturated carbocycles. The van der Waals surface area contributed by atoms with Gasteiger partial charge in [0.25, 0.3) is 10.0 Å². The van der Waals surface area contributed by atoms with Gasteiger partial charge in [-0.2, -0.15) is 0 Å². The van der Waals surface area contributed by atoms with Crippen molar-refractivity contribution in [2.75, 3.05) is 12.4 Å². The van der Waals surface area contributed by atoms with Gasteiger partial charge < -0.3 is 10.1 Å². The lowest BCUT2D eigenvalue weighted by molar-refractivity contribution is 0.415. The van der Waals surface area contributed by atoms with Crippen molar-refractivity contribution in [1.82, 2.24) is 19.7 Å². The summed E-state index contributed by atoms with van der Waals surface area (Å²) in [4.78, 5) is 4.56. The topological polar surface area (TPSA) is 110 Å². The Hall–Kier alpha value is -3.92. The number of hydrogen-bond acceptors (Lipinski definition) is 6. The number of benzene rings is 3. The average Bonchev–Trinajstić information content (AvgIpc) is 3.21. The summed E-state index contributed by atoms with van der Waals surface area (Å²) in [6, 6.07) is 21.1. The third-order valence-electron chi connectivity index (χ3n) is 4.70. The van der Waals surface area contributed by atoms with Gasteiger partial charge in [0.05, 0.1) is 17.5 Å². The number of fused-ring (bicyclic) bond motifs is 1. The standard InChI is InChI=1S/C22H22N6O3S/c1-16-7-13-19(14-8-16)32(29,30)26-22(24-17-9-11-18(31-2)12-10-17)23-15-28-21-6-4-3-5-20(21)25-27-28/h3-14H,15H2,1-2H3,(H2,23,24,26). The third-order valence-corrected chi connectivity index (χ3v) is 6.05. The highest BCUT2D eigenvalue weighted by Crippen LogP contribution is 2.16. The molecule has 0 saturated heterocycles. The molecule has 10 heteroatoms. The quantitative estimate of drug-likeness (QED) is 0.345. The summed E-state index contributed by atoms with van der Waals surface area (Å²) in [7, 11) is -2.28. The molecule has 0 atom stereocenters. The Bertz CT molecular complexity index is 1350. The lowest BCUT2D eigenvalue weighted by Crippen LogP contribution is -2.36. The molecule has 0 amide bonds. The summed E-state index contributed by atoms with van der Waals surface area (Å²) in [5.74, 6) is 0.735. The van der Waals surface area contributed by atoms with Crippen LogP contribution in [0, 0.1) is 6.92 Å². The summed E-state index contributed by atoms with van der Waals surface area (Å²) in [6.07, 6.45) is 0. The molecule has 1 heterocycles. The Morgan fingerprint density at radius 2 is 1.75 bits per heavy atom. The molecule has 0 unspecified atom stereocenters. The fourth-order valence-electron chi connectivity index (χ4n) is 2.97. The zero-order chi connectivity index (χ0) is 22.6. The molecule has 32 heavy (non-hydrogen) atoms. The van der Waals surface area contributed by atoms with Crippen molar-refractivity contribution in [2.45, 2.75) is 18.5 Å². The molecule has 0 aliphatic heterocycles. The lowest BCUT2D eigenvalue weighted by Gasteiger charge is -2.14. The van der Waals surface area contributed by atoms with E-state index in [4.69, 9.17) is 4.74 Å². The molecular weight excluding hydrogens is 428 g/mol. The number of nitrogens with zero attached hydrogens (tertiary/aromatic N) is 4. The van der Waals surface area contributed by atoms with E-state index in [1.54, 1.807) is 60.3 Å². The van der Waals surface area contributed by atoms with Crippen LogP contribution in [0.15, 0.2) is 82.7 Å². The first-order valence-electron chi connectivity index (χ1n) is 9.78. The van der Waals surface area contributed by atoms with Gasteiger partial charge in [-0.15, -0.1) is 5.10 Å². The van der Waals surface area contributed by atoms with E-state index in [1.807, 2.05) is 31.2 Å². The molecule has 3 aromatic carbocycles. The van der Waals surface area contributed by atoms with Gasteiger partial charge in [-0.3, -0.25) is 0 Å². The number of nitrogens with one attached hydrogen (secondary N) is 2. The van der Waals surface area contributed by atoms with Crippen molar-refractivity contribution in [3.8, 4) is 5.75 Å². The van der Waals surface area contributed by atoms with Gasteiger partial charge in [-0.1, -0.05) is 35.0 Å². The van der Waals surface area contributed by atoms with Crippen molar-refractivity contribution in [2.24, 2.45) is 4.99 Å². The van der Waals surface area contributed by atoms with E-state index in [1.165, 1.54) is 0 Å². The number of sulfonamides is 1. The average molecular weight is 451 g/mol. The van der Waals surface area contributed by atoms with E-state index < -0.39 is 10.0 Å². The summed E-state index contributed by atoms with van der Waals surface area (Å²) in [5, 5.41) is 11.2. The fourth-order valence-corrected chi connectivity index (χ4v) is 3.95. The maximum absolute atomic E-state index is 12.9. The SMILES string of the molecule is COc1ccc(N/C(=N\Cn2nnc3ccccc32)NS(=O)(=O)c2ccc(C)cc2)cc1. The summed E-state index contributed by atoms with van der Waals surface area (Å²) in [5.41, 5.74) is 3.13. The van der Waals surface area contributed by atoms with Gasteiger partial charge in [0.1, 0.15) is 17.9 Å². The van der Waals surface area contributed by atoms with Crippen LogP contribution in [0.1, 0.15) is 5.56 Å². The number of ether oxygens (including phenoxy) is 1. The smallest absolute Gasteiger partial charge is 0.264 e. The highest BCUT2D eigenvalue weighted by molar-refractivity contribution is 7.90. The van der Waals surface area contributed by atoms with E-state index in [2.05, 4.69) is 25.3 Å². The Balaban J connectivity index is 1.63. The van der Waals surface area contributed by atoms with Crippen molar-refractivity contribution < 1.29 is 13.2 Å². The summed E-state index contributed by atoms with van der Waals surface area (Å²) in [6.45, 7) is 1.96. The van der Waals surface area contributed by atoms with E-state index in [-0.39, 0.29) is 17.5 Å². The number of rotatable bonds is 6. The minimum atomic E-state index is -3.86. The number of guanidine groups is 1. The molecule has 0 aliphatic carbocycles. The van der Waals surface area contributed by atoms with Crippen LogP contribution in [0.2, 0.25) is 0 Å². The van der Waals surface area contributed by atoms with Gasteiger partial charge in [-0.25, -0.2) is 22.8 Å². The number of aromatic nitrogens is 3. The van der Waals surface area contributed by atoms with Crippen molar-refractivity contribution in [3.05, 3.63) is 78.4 Å². The third kappa shape index (κ3) is 4.86. The molecule has 1 aromatic heterocycles. The van der Waals surface area contributed by atoms with Crippen LogP contribution in [0.3, 0.4) is 0 Å². The van der Waals surface area contributed by atoms with Crippen LogP contribution in [0.5, 0.6) is 5.75 Å². The summed E-state index contributed by atoms with van der Waals surface area (Å²) >= 11 is 0. The zero-order valence-corrected chi connectivity index (χ0v) is 18.4. The first-order valence-corrected chi connectivity index (χ1v) is 11.3. The second kappa shape index (κ2) is 9.06. The molecule has 4 aromatic rings. The molecule has 2 N–H and O–H groups in total. The highest BCUT2D eigenvalue weighted by Gasteiger charge is 2.17. The molecule has 164 valence electrons. The van der Waals surface area contributed by atoms with Crippen LogP contribution in [0.25, 0.3) is 11.0 Å². The van der Waals surface area contributed by atoms with Crippen LogP contribution in [0.4, 0.5) is 5.69 Å². The number of para-hydroxylation sites is 1. The normalized spacial score (nSPS) is 12.0. The molecule has 0 bridgehead atoms. The molecule has 0 spiro atoms. The second-order valence-electron chi connectivity index (χ2n) is 7.00. The second-order valence-corrected chi connectivity index (χ2v) is 8.68. The number of aliphatic imine (C=N–C) groups is 1. The largest absolute Gasteiger partial charge is 0.497 e. The first-order chi connectivity index (χ1) is 15.4. The highest BCUT2D eigenvalue weighted by atomic mass is 32.2. The molecule has 0 aliphatic rings. The van der Waals surface area contributed by atoms with Gasteiger partial charge >= 0.3 is 0 Å². The number of methoxy groups -OCH3 is 1. The van der Waals surface area contributed by atoms with E-state index in [0.29, 0.717) is 11.4 Å². The summed E-state index contributed by atoms with van der Waals surface area (Å²) < 4.78 is 35.2. The van der Waals surface area contributed by atoms with Crippen molar-refractivity contribution in [3.63, 3.8) is 0 Å². The molecule has 4 rings (SSSR count). The predicted octanol–water partition coefficient (Wildman–Crippen LogP) is 3.15. The zero-order valence-electron chi connectivity index (χ0n) is 17.6. The molecule has 0 radical (unpaired) electrons. The van der Waals surface area contributed by atoms with Gasteiger partial charge in [0.2, 0.25) is 5.96 Å². The van der Waals surface area contributed by atoms with E-state index in [9.17, 15) is 8.42 Å². The van der Waals surface area contributed by atoms with Crippen LogP contribution < -0.4 is 14.8 Å². The Morgan fingerprint density at radius 3 is 2.47 bits per heavy atom. The fraction of sp³-hybridized carbons (Fsp3) is 0.136. The molecule has 9 nitrogen and oxygen atoms in total. The Labute approximate surface area is 185 Å². The van der Waals surface area contributed by atoms with Crippen LogP contribution in [-0.4, -0.2) is 36.5 Å². The van der Waals surface area contributed by atoms with E-state index in [0.717, 1.165) is 16.6 Å². The van der Waals surface area contributed by atoms with Gasteiger partial charge in [-0.05, 0) is 55.5 Å². The Kier molecular flexibility index (Phi) is 6.04. The van der Waals surface area contributed by atoms with Crippen molar-refractivity contribution in [1.29, 1.82) is 0 Å². The molecular formula is C22H22N6O3S. The van der Waals surface area contributed by atoms with E-state index >= 15 is 0 Å². The number of aryl methyl sites for hydroxylation is 1. The van der Waals surface area contributed by atoms with Crippen molar-refractivity contribution >= 4 is 32.7 Å². The van der Waals surface area contributed by atoms with Gasteiger partial charge in [0.15, 0.2) is 0 Å². The minimum Gasteiger partial charge on any atom is -0.497 e.